The Morgan fingerprint density at radius 2 is 2.16 bits per heavy atom. The van der Waals surface area contributed by atoms with Gasteiger partial charge in [0, 0.05) is 19.8 Å². The lowest BCUT2D eigenvalue weighted by Gasteiger charge is -2.22. The molecule has 2 heterocycles. The molecule has 1 fully saturated rings. The number of carboxylic acid groups (broad SMARTS) is 1. The Labute approximate surface area is 114 Å². The summed E-state index contributed by atoms with van der Waals surface area (Å²) in [6.07, 6.45) is 1.89. The fraction of sp³-hybridized carbons (Fsp3) is 0.500. The predicted molar refractivity (Wildman–Crippen MR) is 71.8 cm³/mol. The van der Waals surface area contributed by atoms with Crippen molar-refractivity contribution >= 4 is 28.3 Å². The van der Waals surface area contributed by atoms with Crippen LogP contribution in [0.5, 0.6) is 0 Å². The molecule has 1 aliphatic heterocycles. The van der Waals surface area contributed by atoms with Crippen LogP contribution in [0.4, 0.5) is 9.80 Å². The Morgan fingerprint density at radius 3 is 2.84 bits per heavy atom. The number of carbonyl (C=O) groups is 2. The van der Waals surface area contributed by atoms with Crippen molar-refractivity contribution in [2.75, 3.05) is 25.1 Å². The normalized spacial score (nSPS) is 16.0. The minimum absolute atomic E-state index is 0.117. The first-order chi connectivity index (χ1) is 9.16. The van der Waals surface area contributed by atoms with Crippen LogP contribution < -0.4 is 10.6 Å². The lowest BCUT2D eigenvalue weighted by molar-refractivity contribution is 0.0670. The van der Waals surface area contributed by atoms with Gasteiger partial charge in [-0.15, -0.1) is 11.3 Å². The first-order valence-corrected chi connectivity index (χ1v) is 6.98. The van der Waals surface area contributed by atoms with Gasteiger partial charge >= 0.3 is 12.0 Å². The first kappa shape index (κ1) is 13.8. The summed E-state index contributed by atoms with van der Waals surface area (Å²) in [5, 5.41) is 16.2. The van der Waals surface area contributed by atoms with Gasteiger partial charge in [-0.3, -0.25) is 5.32 Å². The van der Waals surface area contributed by atoms with Crippen molar-refractivity contribution in [1.29, 1.82) is 0 Å². The summed E-state index contributed by atoms with van der Waals surface area (Å²) in [7, 11) is 0. The van der Waals surface area contributed by atoms with Crippen molar-refractivity contribution in [2.24, 2.45) is 5.92 Å². The van der Waals surface area contributed by atoms with Crippen LogP contribution in [0.15, 0.2) is 11.4 Å². The zero-order chi connectivity index (χ0) is 13.7. The second-order valence-corrected chi connectivity index (χ2v) is 5.28. The number of aromatic carboxylic acids is 1. The minimum atomic E-state index is -1.04. The van der Waals surface area contributed by atoms with Gasteiger partial charge < -0.3 is 15.2 Å². The average Bonchev–Trinajstić information content (AvgIpc) is 2.86. The smallest absolute Gasteiger partial charge is 0.338 e. The fourth-order valence-corrected chi connectivity index (χ4v) is 2.68. The van der Waals surface area contributed by atoms with E-state index in [4.69, 9.17) is 9.84 Å². The van der Waals surface area contributed by atoms with Crippen molar-refractivity contribution in [1.82, 2.24) is 5.32 Å². The van der Waals surface area contributed by atoms with E-state index in [9.17, 15) is 9.59 Å². The summed E-state index contributed by atoms with van der Waals surface area (Å²) in [6, 6.07) is 1.11. The van der Waals surface area contributed by atoms with Crippen LogP contribution >= 0.6 is 11.3 Å². The number of thiophene rings is 1. The van der Waals surface area contributed by atoms with Gasteiger partial charge in [0.1, 0.15) is 5.00 Å². The SMILES string of the molecule is O=C(NCC1CCOCC1)Nc1sccc1C(=O)O. The zero-order valence-electron chi connectivity index (χ0n) is 10.3. The van der Waals surface area contributed by atoms with Gasteiger partial charge in [-0.05, 0) is 30.2 Å². The first-order valence-electron chi connectivity index (χ1n) is 6.10. The average molecular weight is 284 g/mol. The number of carbonyl (C=O) groups excluding carboxylic acids is 1. The molecule has 0 unspecified atom stereocenters. The molecule has 0 atom stereocenters. The van der Waals surface area contributed by atoms with E-state index in [0.717, 1.165) is 26.1 Å². The monoisotopic (exact) mass is 284 g/mol. The molecule has 2 amide bonds. The summed E-state index contributed by atoms with van der Waals surface area (Å²) < 4.78 is 5.24. The van der Waals surface area contributed by atoms with Crippen LogP contribution in [-0.4, -0.2) is 36.9 Å². The molecule has 0 radical (unpaired) electrons. The number of anilines is 1. The summed E-state index contributed by atoms with van der Waals surface area (Å²) in [6.45, 7) is 2.06. The topological polar surface area (TPSA) is 87.7 Å². The highest BCUT2D eigenvalue weighted by atomic mass is 32.1. The Morgan fingerprint density at radius 1 is 1.42 bits per heavy atom. The van der Waals surface area contributed by atoms with Crippen molar-refractivity contribution in [3.8, 4) is 0 Å². The highest BCUT2D eigenvalue weighted by molar-refractivity contribution is 7.14. The van der Waals surface area contributed by atoms with E-state index in [1.165, 1.54) is 17.4 Å². The Balaban J connectivity index is 1.80. The van der Waals surface area contributed by atoms with Gasteiger partial charge in [-0.1, -0.05) is 0 Å². The molecule has 3 N–H and O–H groups in total. The molecule has 1 aromatic heterocycles. The molecule has 19 heavy (non-hydrogen) atoms. The lowest BCUT2D eigenvalue weighted by Crippen LogP contribution is -2.35. The standard InChI is InChI=1S/C12H16N2O4S/c15-11(16)9-3-6-19-10(9)14-12(17)13-7-8-1-4-18-5-2-8/h3,6,8H,1-2,4-5,7H2,(H,15,16)(H2,13,14,17). The van der Waals surface area contributed by atoms with Gasteiger partial charge in [-0.2, -0.15) is 0 Å². The molecule has 0 saturated carbocycles. The number of hydrogen-bond donors (Lipinski definition) is 3. The highest BCUT2D eigenvalue weighted by Gasteiger charge is 2.16. The number of rotatable bonds is 4. The van der Waals surface area contributed by atoms with Crippen molar-refractivity contribution in [2.45, 2.75) is 12.8 Å². The molecule has 6 nitrogen and oxygen atoms in total. The van der Waals surface area contributed by atoms with Crippen LogP contribution in [0.3, 0.4) is 0 Å². The molecular weight excluding hydrogens is 268 g/mol. The van der Waals surface area contributed by atoms with E-state index in [2.05, 4.69) is 10.6 Å². The Hall–Kier alpha value is -1.60. The van der Waals surface area contributed by atoms with Crippen LogP contribution in [0.2, 0.25) is 0 Å². The van der Waals surface area contributed by atoms with E-state index < -0.39 is 5.97 Å². The summed E-state index contributed by atoms with van der Waals surface area (Å²) >= 11 is 1.19. The molecule has 7 heteroatoms. The highest BCUT2D eigenvalue weighted by Crippen LogP contribution is 2.23. The molecule has 0 bridgehead atoms. The minimum Gasteiger partial charge on any atom is -0.478 e. The molecule has 0 spiro atoms. The quantitative estimate of drug-likeness (QED) is 0.789. The van der Waals surface area contributed by atoms with Crippen LogP contribution in [-0.2, 0) is 4.74 Å². The van der Waals surface area contributed by atoms with E-state index in [1.54, 1.807) is 5.38 Å². The van der Waals surface area contributed by atoms with E-state index in [1.807, 2.05) is 0 Å². The lowest BCUT2D eigenvalue weighted by atomic mass is 10.0. The van der Waals surface area contributed by atoms with Crippen LogP contribution in [0.1, 0.15) is 23.2 Å². The Kier molecular flexibility index (Phi) is 4.75. The molecule has 2 rings (SSSR count). The van der Waals surface area contributed by atoms with Gasteiger partial charge in [0.05, 0.1) is 5.56 Å². The van der Waals surface area contributed by atoms with Crippen LogP contribution in [0, 0.1) is 5.92 Å². The molecule has 1 aromatic rings. The maximum Gasteiger partial charge on any atom is 0.338 e. The van der Waals surface area contributed by atoms with E-state index in [-0.39, 0.29) is 11.6 Å². The van der Waals surface area contributed by atoms with Crippen molar-refractivity contribution in [3.63, 3.8) is 0 Å². The van der Waals surface area contributed by atoms with Gasteiger partial charge in [0.2, 0.25) is 0 Å². The second-order valence-electron chi connectivity index (χ2n) is 4.36. The van der Waals surface area contributed by atoms with Gasteiger partial charge in [0.25, 0.3) is 0 Å². The molecule has 0 aromatic carbocycles. The Bertz CT molecular complexity index is 454. The summed E-state index contributed by atoms with van der Waals surface area (Å²) in [5.41, 5.74) is 0.117. The number of hydrogen-bond acceptors (Lipinski definition) is 4. The van der Waals surface area contributed by atoms with Crippen molar-refractivity contribution in [3.05, 3.63) is 17.0 Å². The molecule has 104 valence electrons. The van der Waals surface area contributed by atoms with Gasteiger partial charge in [-0.25, -0.2) is 9.59 Å². The number of carboxylic acids is 1. The third kappa shape index (κ3) is 3.93. The van der Waals surface area contributed by atoms with E-state index >= 15 is 0 Å². The van der Waals surface area contributed by atoms with Gasteiger partial charge in [0.15, 0.2) is 0 Å². The number of amides is 2. The molecule has 0 aliphatic carbocycles. The number of ether oxygens (including phenoxy) is 1. The maximum absolute atomic E-state index is 11.7. The molecular formula is C12H16N2O4S. The zero-order valence-corrected chi connectivity index (χ0v) is 11.2. The number of urea groups is 1. The third-order valence-electron chi connectivity index (χ3n) is 3.01. The third-order valence-corrected chi connectivity index (χ3v) is 3.84. The second kappa shape index (κ2) is 6.53. The fourth-order valence-electron chi connectivity index (χ4n) is 1.91. The molecule has 1 aliphatic rings. The maximum atomic E-state index is 11.7. The van der Waals surface area contributed by atoms with Crippen LogP contribution in [0.25, 0.3) is 0 Å². The number of nitrogens with one attached hydrogen (secondary N) is 2. The van der Waals surface area contributed by atoms with E-state index in [0.29, 0.717) is 17.5 Å². The predicted octanol–water partition coefficient (Wildman–Crippen LogP) is 1.99. The summed E-state index contributed by atoms with van der Waals surface area (Å²) in [5.74, 6) is -0.609. The largest absolute Gasteiger partial charge is 0.478 e. The molecule has 1 saturated heterocycles. The summed E-state index contributed by atoms with van der Waals surface area (Å²) in [4.78, 5) is 22.6. The van der Waals surface area contributed by atoms with Crippen molar-refractivity contribution < 1.29 is 19.4 Å².